The Morgan fingerprint density at radius 1 is 1.33 bits per heavy atom. The molecule has 130 valence electrons. The number of rotatable bonds is 5. The number of hydrogen-bond donors (Lipinski definition) is 2. The van der Waals surface area contributed by atoms with Crippen molar-refractivity contribution in [3.63, 3.8) is 0 Å². The average Bonchev–Trinajstić information content (AvgIpc) is 2.54. The Labute approximate surface area is 141 Å². The normalized spacial score (nSPS) is 22.5. The Kier molecular flexibility index (Phi) is 5.21. The molecule has 1 aliphatic heterocycles. The highest BCUT2D eigenvalue weighted by molar-refractivity contribution is 5.81. The van der Waals surface area contributed by atoms with Gasteiger partial charge in [0.25, 0.3) is 0 Å². The second kappa shape index (κ2) is 7.36. The molecule has 3 rings (SSSR count). The highest BCUT2D eigenvalue weighted by Crippen LogP contribution is 2.22. The van der Waals surface area contributed by atoms with Crippen LogP contribution in [0.15, 0.2) is 33.5 Å². The Bertz CT molecular complexity index is 747. The number of fused-ring (bicyclic) bond motifs is 1. The van der Waals surface area contributed by atoms with E-state index in [0.29, 0.717) is 17.9 Å². The molecule has 2 heterocycles. The Hall–Kier alpha value is -1.85. The smallest absolute Gasteiger partial charge is 0.336 e. The molecule has 0 spiro atoms. The molecule has 1 saturated heterocycles. The van der Waals surface area contributed by atoms with Crippen molar-refractivity contribution in [3.05, 3.63) is 40.2 Å². The number of ether oxygens (including phenoxy) is 1. The summed E-state index contributed by atoms with van der Waals surface area (Å²) in [5.74, 6) is 1.41. The number of hydrogen-bond acceptors (Lipinski definition) is 4. The van der Waals surface area contributed by atoms with Crippen molar-refractivity contribution in [2.75, 3.05) is 26.2 Å². The van der Waals surface area contributed by atoms with Gasteiger partial charge in [0, 0.05) is 17.5 Å². The first-order valence-electron chi connectivity index (χ1n) is 8.70. The fraction of sp³-hybridized carbons (Fsp3) is 0.526. The third kappa shape index (κ3) is 4.16. The summed E-state index contributed by atoms with van der Waals surface area (Å²) in [5, 5.41) is 11.1. The van der Waals surface area contributed by atoms with E-state index < -0.39 is 6.10 Å². The average molecular weight is 332 g/mol. The van der Waals surface area contributed by atoms with Gasteiger partial charge >= 0.3 is 5.63 Å². The fourth-order valence-corrected chi connectivity index (χ4v) is 3.35. The fourth-order valence-electron chi connectivity index (χ4n) is 3.35. The van der Waals surface area contributed by atoms with Crippen LogP contribution in [0.1, 0.15) is 25.3 Å². The lowest BCUT2D eigenvalue weighted by atomic mass is 9.99. The summed E-state index contributed by atoms with van der Waals surface area (Å²) in [6, 6.07) is 6.92. The molecule has 0 radical (unpaired) electrons. The predicted octanol–water partition coefficient (Wildman–Crippen LogP) is 1.16. The van der Waals surface area contributed by atoms with Crippen LogP contribution in [-0.4, -0.2) is 37.5 Å². The first-order chi connectivity index (χ1) is 11.5. The van der Waals surface area contributed by atoms with Crippen LogP contribution >= 0.6 is 0 Å². The summed E-state index contributed by atoms with van der Waals surface area (Å²) in [6.45, 7) is 7.38. The van der Waals surface area contributed by atoms with E-state index in [1.807, 2.05) is 19.1 Å². The van der Waals surface area contributed by atoms with Crippen molar-refractivity contribution in [1.82, 2.24) is 0 Å². The van der Waals surface area contributed by atoms with Crippen LogP contribution in [0.3, 0.4) is 0 Å². The van der Waals surface area contributed by atoms with Crippen LogP contribution in [0.4, 0.5) is 0 Å². The largest absolute Gasteiger partial charge is 0.491 e. The monoisotopic (exact) mass is 332 g/mol. The van der Waals surface area contributed by atoms with Crippen LogP contribution in [0.25, 0.3) is 11.0 Å². The lowest BCUT2D eigenvalue weighted by Crippen LogP contribution is -3.14. The summed E-state index contributed by atoms with van der Waals surface area (Å²) >= 11 is 0. The highest BCUT2D eigenvalue weighted by Gasteiger charge is 2.21. The van der Waals surface area contributed by atoms with Crippen LogP contribution in [0, 0.1) is 12.8 Å². The third-order valence-electron chi connectivity index (χ3n) is 4.87. The van der Waals surface area contributed by atoms with Gasteiger partial charge in [0.15, 0.2) is 0 Å². The molecule has 1 fully saturated rings. The number of nitrogens with one attached hydrogen (secondary N) is 1. The second-order valence-electron chi connectivity index (χ2n) is 7.01. The number of likely N-dealkylation sites (tertiary alicyclic amines) is 1. The van der Waals surface area contributed by atoms with Crippen molar-refractivity contribution in [1.29, 1.82) is 0 Å². The maximum absolute atomic E-state index is 11.5. The van der Waals surface area contributed by atoms with Gasteiger partial charge in [-0.3, -0.25) is 0 Å². The molecule has 2 N–H and O–H groups in total. The molecule has 0 bridgehead atoms. The molecular formula is C19H26NO4+. The molecule has 0 amide bonds. The van der Waals surface area contributed by atoms with E-state index in [2.05, 4.69) is 6.92 Å². The zero-order chi connectivity index (χ0) is 17.1. The van der Waals surface area contributed by atoms with E-state index in [4.69, 9.17) is 9.15 Å². The topological polar surface area (TPSA) is 64.1 Å². The van der Waals surface area contributed by atoms with E-state index in [0.717, 1.165) is 30.0 Å². The SMILES string of the molecule is Cc1cc(=O)oc2cc(OCC(O)C[NH+]3CCC(C)CC3)ccc12. The van der Waals surface area contributed by atoms with E-state index in [1.54, 1.807) is 6.07 Å². The number of aryl methyl sites for hydroxylation is 1. The maximum Gasteiger partial charge on any atom is 0.336 e. The van der Waals surface area contributed by atoms with E-state index in [1.165, 1.54) is 23.8 Å². The molecule has 1 atom stereocenters. The zero-order valence-corrected chi connectivity index (χ0v) is 14.4. The summed E-state index contributed by atoms with van der Waals surface area (Å²) in [6.07, 6.45) is 1.96. The van der Waals surface area contributed by atoms with Gasteiger partial charge in [-0.25, -0.2) is 4.79 Å². The number of benzene rings is 1. The Morgan fingerprint density at radius 3 is 2.83 bits per heavy atom. The van der Waals surface area contributed by atoms with Crippen LogP contribution in [0.5, 0.6) is 5.75 Å². The molecule has 2 aromatic rings. The van der Waals surface area contributed by atoms with Crippen molar-refractivity contribution < 1.29 is 19.2 Å². The molecule has 1 aliphatic rings. The maximum atomic E-state index is 11.5. The number of piperidine rings is 1. The Balaban J connectivity index is 1.58. The van der Waals surface area contributed by atoms with Crippen molar-refractivity contribution in [3.8, 4) is 5.75 Å². The molecule has 1 unspecified atom stereocenters. The highest BCUT2D eigenvalue weighted by atomic mass is 16.5. The lowest BCUT2D eigenvalue weighted by molar-refractivity contribution is -0.909. The van der Waals surface area contributed by atoms with Gasteiger partial charge in [-0.2, -0.15) is 0 Å². The van der Waals surface area contributed by atoms with Gasteiger partial charge < -0.3 is 19.2 Å². The van der Waals surface area contributed by atoms with E-state index in [-0.39, 0.29) is 12.2 Å². The molecule has 0 aliphatic carbocycles. The standard InChI is InChI=1S/C19H25NO4/c1-13-5-7-20(8-6-13)11-15(21)12-23-16-3-4-17-14(2)9-19(22)24-18(17)10-16/h3-4,9-10,13,15,21H,5-8,11-12H2,1-2H3/p+1. The van der Waals surface area contributed by atoms with Crippen LogP contribution in [0.2, 0.25) is 0 Å². The van der Waals surface area contributed by atoms with Crippen LogP contribution < -0.4 is 15.3 Å². The van der Waals surface area contributed by atoms with E-state index >= 15 is 0 Å². The first-order valence-corrected chi connectivity index (χ1v) is 8.70. The minimum atomic E-state index is -0.492. The number of aliphatic hydroxyl groups excluding tert-OH is 1. The van der Waals surface area contributed by atoms with Gasteiger partial charge in [-0.15, -0.1) is 0 Å². The molecule has 1 aromatic carbocycles. The zero-order valence-electron chi connectivity index (χ0n) is 14.4. The van der Waals surface area contributed by atoms with Gasteiger partial charge in [0.05, 0.1) is 13.1 Å². The summed E-state index contributed by atoms with van der Waals surface area (Å²) in [4.78, 5) is 12.9. The summed E-state index contributed by atoms with van der Waals surface area (Å²) in [5.41, 5.74) is 1.04. The van der Waals surface area contributed by atoms with E-state index in [9.17, 15) is 9.90 Å². The van der Waals surface area contributed by atoms with Gasteiger partial charge in [-0.1, -0.05) is 6.92 Å². The molecule has 24 heavy (non-hydrogen) atoms. The summed E-state index contributed by atoms with van der Waals surface area (Å²) < 4.78 is 10.9. The lowest BCUT2D eigenvalue weighted by Gasteiger charge is -2.28. The van der Waals surface area contributed by atoms with Gasteiger partial charge in [0.1, 0.15) is 30.6 Å². The molecule has 5 heteroatoms. The second-order valence-corrected chi connectivity index (χ2v) is 7.01. The van der Waals surface area contributed by atoms with Gasteiger partial charge in [0.2, 0.25) is 0 Å². The quantitative estimate of drug-likeness (QED) is 0.807. The van der Waals surface area contributed by atoms with Crippen LogP contribution in [-0.2, 0) is 0 Å². The van der Waals surface area contributed by atoms with Crippen molar-refractivity contribution in [2.24, 2.45) is 5.92 Å². The first kappa shape index (κ1) is 17.0. The van der Waals surface area contributed by atoms with Crippen molar-refractivity contribution >= 4 is 11.0 Å². The minimum Gasteiger partial charge on any atom is -0.491 e. The number of quaternary nitrogens is 1. The summed E-state index contributed by atoms with van der Waals surface area (Å²) in [7, 11) is 0. The Morgan fingerprint density at radius 2 is 2.08 bits per heavy atom. The van der Waals surface area contributed by atoms with Gasteiger partial charge in [-0.05, 0) is 43.4 Å². The molecule has 5 nitrogen and oxygen atoms in total. The number of aliphatic hydroxyl groups is 1. The third-order valence-corrected chi connectivity index (χ3v) is 4.87. The minimum absolute atomic E-state index is 0.251. The predicted molar refractivity (Wildman–Crippen MR) is 92.7 cm³/mol. The molecule has 1 aromatic heterocycles. The molecule has 0 saturated carbocycles. The molecular weight excluding hydrogens is 306 g/mol. The van der Waals surface area contributed by atoms with Crippen molar-refractivity contribution in [2.45, 2.75) is 32.8 Å².